The molecule has 0 bridgehead atoms. The Morgan fingerprint density at radius 3 is 2.35 bits per heavy atom. The second-order valence-corrected chi connectivity index (χ2v) is 5.89. The van der Waals surface area contributed by atoms with Crippen LogP contribution in [0.15, 0.2) is 60.7 Å². The Kier molecular flexibility index (Phi) is 4.42. The normalized spacial score (nSPS) is 18.2. The van der Waals surface area contributed by atoms with Crippen LogP contribution < -0.4 is 5.32 Å². The Hall–Kier alpha value is -2.62. The number of rotatable bonds is 4. The molecule has 1 fully saturated rings. The van der Waals surface area contributed by atoms with Crippen molar-refractivity contribution < 1.29 is 9.59 Å². The third kappa shape index (κ3) is 3.42. The number of amides is 3. The first kappa shape index (κ1) is 15.3. The lowest BCUT2D eigenvalue weighted by atomic mass is 9.95. The molecule has 23 heavy (non-hydrogen) atoms. The van der Waals surface area contributed by atoms with E-state index in [-0.39, 0.29) is 24.0 Å². The number of nitrogens with one attached hydrogen (secondary N) is 1. The molecule has 2 atom stereocenters. The number of likely N-dealkylation sites (tertiary alicyclic amines) is 1. The van der Waals surface area contributed by atoms with E-state index >= 15 is 0 Å². The molecule has 0 unspecified atom stereocenters. The monoisotopic (exact) mass is 308 g/mol. The standard InChI is InChI=1S/C19H20N2O2/c1-14(16-10-6-3-7-11-16)20-19(23)21-17(13-18(21)22)12-15-8-4-2-5-9-15/h2-11,14,17H,12-13H2,1H3,(H,20,23)/t14-,17+/m0/s1. The number of β-lactam (4-membered cyclic amide) rings is 1. The molecule has 1 aliphatic rings. The van der Waals surface area contributed by atoms with Crippen molar-refractivity contribution in [3.8, 4) is 0 Å². The van der Waals surface area contributed by atoms with Gasteiger partial charge in [0.15, 0.2) is 0 Å². The van der Waals surface area contributed by atoms with Gasteiger partial charge in [0.25, 0.3) is 0 Å². The molecule has 2 aromatic carbocycles. The lowest BCUT2D eigenvalue weighted by molar-refractivity contribution is -0.140. The number of imide groups is 1. The van der Waals surface area contributed by atoms with Crippen molar-refractivity contribution in [1.82, 2.24) is 10.2 Å². The quantitative estimate of drug-likeness (QED) is 0.881. The average molecular weight is 308 g/mol. The number of hydrogen-bond donors (Lipinski definition) is 1. The second kappa shape index (κ2) is 6.65. The van der Waals surface area contributed by atoms with Gasteiger partial charge in [0.1, 0.15) is 0 Å². The molecule has 1 aliphatic heterocycles. The molecule has 3 rings (SSSR count). The van der Waals surface area contributed by atoms with Crippen molar-refractivity contribution in [2.75, 3.05) is 0 Å². The summed E-state index contributed by atoms with van der Waals surface area (Å²) < 4.78 is 0. The largest absolute Gasteiger partial charge is 0.331 e. The first-order chi connectivity index (χ1) is 11.1. The van der Waals surface area contributed by atoms with Gasteiger partial charge in [-0.1, -0.05) is 60.7 Å². The summed E-state index contributed by atoms with van der Waals surface area (Å²) in [5, 5.41) is 2.91. The summed E-state index contributed by atoms with van der Waals surface area (Å²) in [6, 6.07) is 19.2. The molecule has 4 heteroatoms. The van der Waals surface area contributed by atoms with Crippen molar-refractivity contribution in [2.45, 2.75) is 31.8 Å². The van der Waals surface area contributed by atoms with Crippen LogP contribution in [0.2, 0.25) is 0 Å². The Labute approximate surface area is 136 Å². The molecule has 3 amide bonds. The van der Waals surface area contributed by atoms with Crippen LogP contribution in [0.1, 0.15) is 30.5 Å². The second-order valence-electron chi connectivity index (χ2n) is 5.89. The van der Waals surface area contributed by atoms with Crippen molar-refractivity contribution in [2.24, 2.45) is 0 Å². The summed E-state index contributed by atoms with van der Waals surface area (Å²) in [5.41, 5.74) is 2.16. The number of hydrogen-bond acceptors (Lipinski definition) is 2. The highest BCUT2D eigenvalue weighted by atomic mass is 16.2. The SMILES string of the molecule is C[C@H](NC(=O)N1C(=O)C[C@H]1Cc1ccccc1)c1ccccc1. The Bertz CT molecular complexity index is 685. The van der Waals surface area contributed by atoms with E-state index in [4.69, 9.17) is 0 Å². The first-order valence-electron chi connectivity index (χ1n) is 7.86. The molecule has 1 heterocycles. The number of urea groups is 1. The lowest BCUT2D eigenvalue weighted by Gasteiger charge is -2.39. The predicted octanol–water partition coefficient (Wildman–Crippen LogP) is 3.30. The van der Waals surface area contributed by atoms with Gasteiger partial charge >= 0.3 is 6.03 Å². The van der Waals surface area contributed by atoms with E-state index in [2.05, 4.69) is 5.32 Å². The Morgan fingerprint density at radius 2 is 1.74 bits per heavy atom. The third-order valence-corrected chi connectivity index (χ3v) is 4.22. The van der Waals surface area contributed by atoms with Gasteiger partial charge in [-0.25, -0.2) is 4.79 Å². The highest BCUT2D eigenvalue weighted by Crippen LogP contribution is 2.24. The Balaban J connectivity index is 1.62. The van der Waals surface area contributed by atoms with E-state index in [1.165, 1.54) is 4.90 Å². The number of nitrogens with zero attached hydrogens (tertiary/aromatic N) is 1. The first-order valence-corrected chi connectivity index (χ1v) is 7.86. The molecule has 0 aromatic heterocycles. The fourth-order valence-electron chi connectivity index (χ4n) is 2.89. The molecular formula is C19H20N2O2. The molecule has 118 valence electrons. The maximum atomic E-state index is 12.4. The van der Waals surface area contributed by atoms with Gasteiger partial charge in [-0.2, -0.15) is 0 Å². The number of carbonyl (C=O) groups excluding carboxylic acids is 2. The molecular weight excluding hydrogens is 288 g/mol. The summed E-state index contributed by atoms with van der Waals surface area (Å²) in [6.45, 7) is 1.92. The van der Waals surface area contributed by atoms with Crippen LogP contribution in [0.3, 0.4) is 0 Å². The molecule has 1 saturated heterocycles. The van der Waals surface area contributed by atoms with Crippen molar-refractivity contribution in [3.63, 3.8) is 0 Å². The van der Waals surface area contributed by atoms with Crippen LogP contribution in [0, 0.1) is 0 Å². The minimum Gasteiger partial charge on any atom is -0.331 e. The van der Waals surface area contributed by atoms with Gasteiger partial charge in [-0.3, -0.25) is 9.69 Å². The summed E-state index contributed by atoms with van der Waals surface area (Å²) in [4.78, 5) is 25.6. The van der Waals surface area contributed by atoms with Crippen LogP contribution in [0.4, 0.5) is 4.79 Å². The molecule has 1 N–H and O–H groups in total. The van der Waals surface area contributed by atoms with Gasteiger partial charge in [0.2, 0.25) is 5.91 Å². The van der Waals surface area contributed by atoms with Crippen molar-refractivity contribution in [3.05, 3.63) is 71.8 Å². The molecule has 0 spiro atoms. The van der Waals surface area contributed by atoms with E-state index in [0.29, 0.717) is 12.8 Å². The van der Waals surface area contributed by atoms with Gasteiger partial charge in [0.05, 0.1) is 12.1 Å². The zero-order valence-electron chi connectivity index (χ0n) is 13.1. The van der Waals surface area contributed by atoms with Crippen molar-refractivity contribution >= 4 is 11.9 Å². The summed E-state index contributed by atoms with van der Waals surface area (Å²) in [7, 11) is 0. The van der Waals surface area contributed by atoms with E-state index in [1.54, 1.807) is 0 Å². The molecule has 2 aromatic rings. The molecule has 0 radical (unpaired) electrons. The van der Waals surface area contributed by atoms with Crippen molar-refractivity contribution in [1.29, 1.82) is 0 Å². The number of carbonyl (C=O) groups is 2. The smallest absolute Gasteiger partial charge is 0.324 e. The van der Waals surface area contributed by atoms with E-state index < -0.39 is 0 Å². The van der Waals surface area contributed by atoms with Crippen LogP contribution in [-0.4, -0.2) is 22.9 Å². The summed E-state index contributed by atoms with van der Waals surface area (Å²) >= 11 is 0. The van der Waals surface area contributed by atoms with Crippen LogP contribution >= 0.6 is 0 Å². The van der Waals surface area contributed by atoms with Crippen LogP contribution in [0.25, 0.3) is 0 Å². The fourth-order valence-corrected chi connectivity index (χ4v) is 2.89. The zero-order valence-corrected chi connectivity index (χ0v) is 13.1. The minimum absolute atomic E-state index is 0.0483. The Morgan fingerprint density at radius 1 is 1.13 bits per heavy atom. The number of benzene rings is 2. The van der Waals surface area contributed by atoms with Gasteiger partial charge in [-0.05, 0) is 24.5 Å². The van der Waals surface area contributed by atoms with E-state index in [9.17, 15) is 9.59 Å². The fraction of sp³-hybridized carbons (Fsp3) is 0.263. The third-order valence-electron chi connectivity index (χ3n) is 4.22. The zero-order chi connectivity index (χ0) is 16.2. The summed E-state index contributed by atoms with van der Waals surface area (Å²) in [6.07, 6.45) is 1.14. The highest BCUT2D eigenvalue weighted by molar-refractivity contribution is 5.99. The highest BCUT2D eigenvalue weighted by Gasteiger charge is 2.40. The maximum absolute atomic E-state index is 12.4. The van der Waals surface area contributed by atoms with Crippen LogP contribution in [-0.2, 0) is 11.2 Å². The average Bonchev–Trinajstić information content (AvgIpc) is 2.55. The van der Waals surface area contributed by atoms with Gasteiger partial charge in [0, 0.05) is 6.42 Å². The van der Waals surface area contributed by atoms with E-state index in [1.807, 2.05) is 67.6 Å². The molecule has 0 aliphatic carbocycles. The molecule has 4 nitrogen and oxygen atoms in total. The van der Waals surface area contributed by atoms with Crippen LogP contribution in [0.5, 0.6) is 0 Å². The lowest BCUT2D eigenvalue weighted by Crippen LogP contribution is -2.59. The predicted molar refractivity (Wildman–Crippen MR) is 88.8 cm³/mol. The summed E-state index contributed by atoms with van der Waals surface area (Å²) in [5.74, 6) is -0.108. The van der Waals surface area contributed by atoms with Gasteiger partial charge in [-0.15, -0.1) is 0 Å². The molecule has 0 saturated carbocycles. The minimum atomic E-state index is -0.307. The topological polar surface area (TPSA) is 49.4 Å². The van der Waals surface area contributed by atoms with Gasteiger partial charge < -0.3 is 5.32 Å². The maximum Gasteiger partial charge on any atom is 0.324 e. The van der Waals surface area contributed by atoms with E-state index in [0.717, 1.165) is 11.1 Å².